The van der Waals surface area contributed by atoms with Crippen molar-refractivity contribution in [3.05, 3.63) is 58.4 Å². The molecule has 0 amide bonds. The average molecular weight is 240 g/mol. The number of hydrogen-bond donors (Lipinski definition) is 0. The molecule has 3 rings (SSSR count). The fraction of sp³-hybridized carbons (Fsp3) is 0. The van der Waals surface area contributed by atoms with Crippen LogP contribution in [0.5, 0.6) is 0 Å². The monoisotopic (exact) mass is 240 g/mol. The Hall–Kier alpha value is -2.07. The van der Waals surface area contributed by atoms with Gasteiger partial charge >= 0.3 is 0 Å². The number of thiophene rings is 1. The number of fused-ring (bicyclic) bond motifs is 1. The van der Waals surface area contributed by atoms with Crippen LogP contribution in [0.3, 0.4) is 0 Å². The summed E-state index contributed by atoms with van der Waals surface area (Å²) in [6, 6.07) is 13.1. The molecule has 1 aromatic carbocycles. The highest BCUT2D eigenvalue weighted by Crippen LogP contribution is 2.16. The molecule has 0 aliphatic carbocycles. The van der Waals surface area contributed by atoms with Crippen molar-refractivity contribution >= 4 is 28.0 Å². The molecule has 0 aliphatic heterocycles. The van der Waals surface area contributed by atoms with Gasteiger partial charge in [0.05, 0.1) is 10.4 Å². The van der Waals surface area contributed by atoms with Gasteiger partial charge < -0.3 is 0 Å². The van der Waals surface area contributed by atoms with Crippen molar-refractivity contribution < 1.29 is 4.79 Å². The molecule has 0 bridgehead atoms. The number of carbonyl (C=O) groups excluding carboxylic acids is 1. The summed E-state index contributed by atoms with van der Waals surface area (Å²) < 4.78 is 0. The van der Waals surface area contributed by atoms with Gasteiger partial charge in [0, 0.05) is 5.39 Å². The van der Waals surface area contributed by atoms with Crippen LogP contribution in [0.25, 0.3) is 10.9 Å². The van der Waals surface area contributed by atoms with Gasteiger partial charge in [-0.25, -0.2) is 0 Å². The fourth-order valence-corrected chi connectivity index (χ4v) is 2.30. The quantitative estimate of drug-likeness (QED) is 0.647. The molecule has 0 spiro atoms. The van der Waals surface area contributed by atoms with Crippen molar-refractivity contribution in [2.75, 3.05) is 0 Å². The van der Waals surface area contributed by atoms with Gasteiger partial charge in [-0.05, 0) is 23.6 Å². The van der Waals surface area contributed by atoms with E-state index in [1.165, 1.54) is 11.3 Å². The lowest BCUT2D eigenvalue weighted by Crippen LogP contribution is -2.03. The molecule has 0 N–H and O–H groups in total. The van der Waals surface area contributed by atoms with Gasteiger partial charge in [-0.3, -0.25) is 4.79 Å². The first kappa shape index (κ1) is 10.1. The van der Waals surface area contributed by atoms with E-state index in [2.05, 4.69) is 10.2 Å². The summed E-state index contributed by atoms with van der Waals surface area (Å²) in [7, 11) is 0. The lowest BCUT2D eigenvalue weighted by molar-refractivity contribution is 0.103. The summed E-state index contributed by atoms with van der Waals surface area (Å²) in [6.07, 6.45) is 0. The minimum Gasteiger partial charge on any atom is -0.286 e. The van der Waals surface area contributed by atoms with Crippen LogP contribution < -0.4 is 0 Å². The first-order valence-corrected chi connectivity index (χ1v) is 6.03. The summed E-state index contributed by atoms with van der Waals surface area (Å²) in [4.78, 5) is 12.7. The zero-order chi connectivity index (χ0) is 11.7. The number of rotatable bonds is 2. The van der Waals surface area contributed by atoms with Crippen LogP contribution in [-0.2, 0) is 0 Å². The van der Waals surface area contributed by atoms with Crippen molar-refractivity contribution in [1.29, 1.82) is 0 Å². The Morgan fingerprint density at radius 1 is 1.06 bits per heavy atom. The zero-order valence-electron chi connectivity index (χ0n) is 8.83. The maximum Gasteiger partial charge on any atom is 0.223 e. The van der Waals surface area contributed by atoms with Crippen molar-refractivity contribution in [2.24, 2.45) is 0 Å². The molecule has 2 heterocycles. The maximum atomic E-state index is 12.1. The van der Waals surface area contributed by atoms with Crippen LogP contribution in [0.15, 0.2) is 47.8 Å². The van der Waals surface area contributed by atoms with Crippen LogP contribution in [0.2, 0.25) is 0 Å². The largest absolute Gasteiger partial charge is 0.286 e. The second-order valence-corrected chi connectivity index (χ2v) is 4.54. The second-order valence-electron chi connectivity index (χ2n) is 3.59. The molecule has 0 fully saturated rings. The SMILES string of the molecule is O=C(c1cc2ccccc2nn1)c1cccs1. The third kappa shape index (κ3) is 1.83. The minimum atomic E-state index is -0.0711. The van der Waals surface area contributed by atoms with Gasteiger partial charge in [0.15, 0.2) is 0 Å². The van der Waals surface area contributed by atoms with Crippen LogP contribution >= 0.6 is 11.3 Å². The average Bonchev–Trinajstić information content (AvgIpc) is 2.91. The van der Waals surface area contributed by atoms with Gasteiger partial charge in [-0.2, -0.15) is 0 Å². The van der Waals surface area contributed by atoms with E-state index in [0.29, 0.717) is 10.6 Å². The number of carbonyl (C=O) groups is 1. The number of ketones is 1. The summed E-state index contributed by atoms with van der Waals surface area (Å²) in [5.74, 6) is -0.0711. The summed E-state index contributed by atoms with van der Waals surface area (Å²) in [6.45, 7) is 0. The van der Waals surface area contributed by atoms with Crippen molar-refractivity contribution in [3.63, 3.8) is 0 Å². The molecule has 4 heteroatoms. The van der Waals surface area contributed by atoms with Gasteiger partial charge in [-0.1, -0.05) is 24.3 Å². The molecule has 3 aromatic rings. The van der Waals surface area contributed by atoms with Crippen molar-refractivity contribution in [2.45, 2.75) is 0 Å². The van der Waals surface area contributed by atoms with E-state index < -0.39 is 0 Å². The standard InChI is InChI=1S/C13H8N2OS/c16-13(12-6-3-7-17-12)11-8-9-4-1-2-5-10(9)14-15-11/h1-8H. The topological polar surface area (TPSA) is 42.9 Å². The molecule has 17 heavy (non-hydrogen) atoms. The Bertz CT molecular complexity index is 677. The van der Waals surface area contributed by atoms with Gasteiger partial charge in [0.25, 0.3) is 0 Å². The lowest BCUT2D eigenvalue weighted by Gasteiger charge is -1.99. The number of nitrogens with zero attached hydrogens (tertiary/aromatic N) is 2. The predicted molar refractivity (Wildman–Crippen MR) is 67.3 cm³/mol. The molecule has 2 aromatic heterocycles. The molecule has 0 aliphatic rings. The summed E-state index contributed by atoms with van der Waals surface area (Å²) in [5, 5.41) is 10.8. The van der Waals surface area contributed by atoms with Crippen molar-refractivity contribution in [3.8, 4) is 0 Å². The number of benzene rings is 1. The molecule has 0 unspecified atom stereocenters. The number of hydrogen-bond acceptors (Lipinski definition) is 4. The molecule has 0 radical (unpaired) electrons. The smallest absolute Gasteiger partial charge is 0.223 e. The van der Waals surface area contributed by atoms with Crippen LogP contribution in [0.4, 0.5) is 0 Å². The molecule has 0 saturated heterocycles. The van der Waals surface area contributed by atoms with E-state index in [-0.39, 0.29) is 5.78 Å². The third-order valence-electron chi connectivity index (χ3n) is 2.47. The predicted octanol–water partition coefficient (Wildman–Crippen LogP) is 2.92. The van der Waals surface area contributed by atoms with E-state index in [1.54, 1.807) is 12.1 Å². The maximum absolute atomic E-state index is 12.1. The van der Waals surface area contributed by atoms with E-state index in [9.17, 15) is 4.79 Å². The van der Waals surface area contributed by atoms with E-state index in [1.807, 2.05) is 35.7 Å². The normalized spacial score (nSPS) is 10.6. The van der Waals surface area contributed by atoms with Gasteiger partial charge in [0.1, 0.15) is 5.69 Å². The Balaban J connectivity index is 2.09. The zero-order valence-corrected chi connectivity index (χ0v) is 9.65. The van der Waals surface area contributed by atoms with Crippen LogP contribution in [0, 0.1) is 0 Å². The highest BCUT2D eigenvalue weighted by atomic mass is 32.1. The van der Waals surface area contributed by atoms with Crippen LogP contribution in [-0.4, -0.2) is 16.0 Å². The molecule has 0 atom stereocenters. The molecule has 3 nitrogen and oxygen atoms in total. The highest BCUT2D eigenvalue weighted by Gasteiger charge is 2.12. The van der Waals surface area contributed by atoms with E-state index in [0.717, 1.165) is 10.9 Å². The Morgan fingerprint density at radius 2 is 1.94 bits per heavy atom. The van der Waals surface area contributed by atoms with E-state index in [4.69, 9.17) is 0 Å². The minimum absolute atomic E-state index is 0.0711. The second kappa shape index (κ2) is 4.07. The Kier molecular flexibility index (Phi) is 2.42. The third-order valence-corrected chi connectivity index (χ3v) is 3.34. The van der Waals surface area contributed by atoms with Crippen LogP contribution in [0.1, 0.15) is 15.4 Å². The highest BCUT2D eigenvalue weighted by molar-refractivity contribution is 7.12. The fourth-order valence-electron chi connectivity index (χ4n) is 1.63. The first-order valence-electron chi connectivity index (χ1n) is 5.15. The summed E-state index contributed by atoms with van der Waals surface area (Å²) in [5.41, 5.74) is 1.20. The van der Waals surface area contributed by atoms with E-state index >= 15 is 0 Å². The van der Waals surface area contributed by atoms with Crippen molar-refractivity contribution in [1.82, 2.24) is 10.2 Å². The van der Waals surface area contributed by atoms with Gasteiger partial charge in [-0.15, -0.1) is 21.5 Å². The summed E-state index contributed by atoms with van der Waals surface area (Å²) >= 11 is 1.41. The molecular weight excluding hydrogens is 232 g/mol. The Labute approximate surface area is 102 Å². The Morgan fingerprint density at radius 3 is 2.76 bits per heavy atom. The molecule has 0 saturated carbocycles. The van der Waals surface area contributed by atoms with Gasteiger partial charge in [0.2, 0.25) is 5.78 Å². The first-order chi connectivity index (χ1) is 8.34. The molecular formula is C13H8N2OS. The number of aromatic nitrogens is 2. The molecule has 82 valence electrons. The lowest BCUT2D eigenvalue weighted by atomic mass is 10.1.